The third-order valence-corrected chi connectivity index (χ3v) is 2.35. The van der Waals surface area contributed by atoms with E-state index in [1.165, 1.54) is 0 Å². The highest BCUT2D eigenvalue weighted by atomic mass is 16.3. The Morgan fingerprint density at radius 3 is 2.72 bits per heavy atom. The Bertz CT molecular complexity index is 529. The van der Waals surface area contributed by atoms with Gasteiger partial charge in [0.2, 0.25) is 0 Å². The molecule has 2 N–H and O–H groups in total. The van der Waals surface area contributed by atoms with Gasteiger partial charge in [0.05, 0.1) is 18.0 Å². The number of nitrogens with zero attached hydrogens (tertiary/aromatic N) is 2. The van der Waals surface area contributed by atoms with Crippen molar-refractivity contribution in [3.8, 4) is 11.4 Å². The maximum Gasteiger partial charge on any atom is 0.251 e. The van der Waals surface area contributed by atoms with Crippen molar-refractivity contribution >= 4 is 5.91 Å². The third kappa shape index (κ3) is 2.89. The molecule has 2 aromatic heterocycles. The summed E-state index contributed by atoms with van der Waals surface area (Å²) < 4.78 is 0. The zero-order valence-electron chi connectivity index (χ0n) is 9.71. The monoisotopic (exact) mass is 243 g/mol. The van der Waals surface area contributed by atoms with E-state index in [0.29, 0.717) is 17.0 Å². The summed E-state index contributed by atoms with van der Waals surface area (Å²) in [5.41, 5.74) is 1.86. The first kappa shape index (κ1) is 12.2. The first-order valence-electron chi connectivity index (χ1n) is 5.58. The van der Waals surface area contributed by atoms with Crippen LogP contribution >= 0.6 is 0 Å². The molecule has 0 unspecified atom stereocenters. The van der Waals surface area contributed by atoms with Gasteiger partial charge in [0, 0.05) is 24.5 Å². The molecule has 2 aromatic rings. The molecule has 1 amide bonds. The quantitative estimate of drug-likeness (QED) is 0.835. The second-order valence-corrected chi connectivity index (χ2v) is 3.62. The Morgan fingerprint density at radius 1 is 1.17 bits per heavy atom. The molecule has 0 fully saturated rings. The fraction of sp³-hybridized carbons (Fsp3) is 0.154. The van der Waals surface area contributed by atoms with E-state index in [4.69, 9.17) is 5.11 Å². The molecule has 5 nitrogen and oxygen atoms in total. The molecule has 5 heteroatoms. The summed E-state index contributed by atoms with van der Waals surface area (Å²) in [5.74, 6) is -0.233. The van der Waals surface area contributed by atoms with Crippen molar-refractivity contribution in [2.45, 2.75) is 0 Å². The molecule has 2 heterocycles. The van der Waals surface area contributed by atoms with Gasteiger partial charge in [-0.15, -0.1) is 0 Å². The minimum atomic E-state index is -0.233. The Balaban J connectivity index is 2.23. The molecule has 0 bridgehead atoms. The van der Waals surface area contributed by atoms with Gasteiger partial charge in [0.25, 0.3) is 5.91 Å². The Hall–Kier alpha value is -2.27. The molecular weight excluding hydrogens is 230 g/mol. The van der Waals surface area contributed by atoms with Crippen molar-refractivity contribution in [1.29, 1.82) is 0 Å². The number of carbonyl (C=O) groups is 1. The summed E-state index contributed by atoms with van der Waals surface area (Å²) in [4.78, 5) is 20.1. The van der Waals surface area contributed by atoms with Crippen LogP contribution in [0.5, 0.6) is 0 Å². The number of hydrogen-bond donors (Lipinski definition) is 2. The van der Waals surface area contributed by atoms with Crippen LogP contribution in [0.25, 0.3) is 11.4 Å². The summed E-state index contributed by atoms with van der Waals surface area (Å²) in [6.07, 6.45) is 3.24. The molecule has 92 valence electrons. The average Bonchev–Trinajstić information content (AvgIpc) is 2.46. The highest BCUT2D eigenvalue weighted by molar-refractivity contribution is 5.94. The van der Waals surface area contributed by atoms with E-state index in [1.807, 2.05) is 18.2 Å². The van der Waals surface area contributed by atoms with Crippen LogP contribution in [0.1, 0.15) is 10.4 Å². The third-order valence-electron chi connectivity index (χ3n) is 2.35. The molecule has 0 aliphatic rings. The molecule has 0 aliphatic carbocycles. The average molecular weight is 243 g/mol. The van der Waals surface area contributed by atoms with Crippen molar-refractivity contribution in [3.63, 3.8) is 0 Å². The van der Waals surface area contributed by atoms with E-state index in [1.54, 1.807) is 24.5 Å². The first-order chi connectivity index (χ1) is 8.81. The summed E-state index contributed by atoms with van der Waals surface area (Å²) >= 11 is 0. The van der Waals surface area contributed by atoms with E-state index >= 15 is 0 Å². The largest absolute Gasteiger partial charge is 0.395 e. The Kier molecular flexibility index (Phi) is 3.98. The van der Waals surface area contributed by atoms with Crippen LogP contribution in [0.2, 0.25) is 0 Å². The van der Waals surface area contributed by atoms with Crippen LogP contribution in [0.15, 0.2) is 42.7 Å². The second kappa shape index (κ2) is 5.88. The number of aliphatic hydroxyl groups excluding tert-OH is 1. The summed E-state index contributed by atoms with van der Waals surface area (Å²) in [6.45, 7) is 0.157. The van der Waals surface area contributed by atoms with Crippen molar-refractivity contribution in [2.75, 3.05) is 13.2 Å². The van der Waals surface area contributed by atoms with E-state index in [9.17, 15) is 4.79 Å². The molecule has 0 aromatic carbocycles. The van der Waals surface area contributed by atoms with Gasteiger partial charge in [-0.05, 0) is 24.3 Å². The lowest BCUT2D eigenvalue weighted by molar-refractivity contribution is 0.0944. The maximum atomic E-state index is 11.7. The smallest absolute Gasteiger partial charge is 0.251 e. The zero-order chi connectivity index (χ0) is 12.8. The van der Waals surface area contributed by atoms with Gasteiger partial charge in [0.1, 0.15) is 0 Å². The number of rotatable bonds is 4. The summed E-state index contributed by atoms with van der Waals surface area (Å²) in [5, 5.41) is 11.2. The summed E-state index contributed by atoms with van der Waals surface area (Å²) in [7, 11) is 0. The fourth-order valence-corrected chi connectivity index (χ4v) is 1.50. The van der Waals surface area contributed by atoms with Gasteiger partial charge in [-0.25, -0.2) is 0 Å². The van der Waals surface area contributed by atoms with Gasteiger partial charge in [0.15, 0.2) is 0 Å². The van der Waals surface area contributed by atoms with Crippen molar-refractivity contribution in [2.24, 2.45) is 0 Å². The van der Waals surface area contributed by atoms with Crippen LogP contribution in [-0.2, 0) is 0 Å². The Morgan fingerprint density at radius 2 is 2.00 bits per heavy atom. The topological polar surface area (TPSA) is 75.1 Å². The standard InChI is InChI=1S/C13H13N3O2/c17-8-7-16-13(18)10-4-6-15-12(9-10)11-3-1-2-5-14-11/h1-6,9,17H,7-8H2,(H,16,18). The highest BCUT2D eigenvalue weighted by Crippen LogP contribution is 2.14. The number of amides is 1. The predicted octanol–water partition coefficient (Wildman–Crippen LogP) is 0.866. The Labute approximate surface area is 105 Å². The molecule has 0 spiro atoms. The normalized spacial score (nSPS) is 10.1. The number of aliphatic hydroxyl groups is 1. The number of hydrogen-bond acceptors (Lipinski definition) is 4. The number of pyridine rings is 2. The van der Waals surface area contributed by atoms with Gasteiger partial charge in [-0.3, -0.25) is 14.8 Å². The van der Waals surface area contributed by atoms with Crippen LogP contribution < -0.4 is 5.32 Å². The van der Waals surface area contributed by atoms with E-state index in [-0.39, 0.29) is 19.1 Å². The van der Waals surface area contributed by atoms with Gasteiger partial charge in [-0.1, -0.05) is 6.07 Å². The molecule has 0 aliphatic heterocycles. The van der Waals surface area contributed by atoms with Crippen molar-refractivity contribution in [3.05, 3.63) is 48.3 Å². The van der Waals surface area contributed by atoms with E-state index in [2.05, 4.69) is 15.3 Å². The number of aromatic nitrogens is 2. The molecule has 18 heavy (non-hydrogen) atoms. The maximum absolute atomic E-state index is 11.7. The number of carbonyl (C=O) groups excluding carboxylic acids is 1. The highest BCUT2D eigenvalue weighted by Gasteiger charge is 2.07. The molecule has 2 rings (SSSR count). The number of nitrogens with one attached hydrogen (secondary N) is 1. The van der Waals surface area contributed by atoms with E-state index in [0.717, 1.165) is 0 Å². The van der Waals surface area contributed by atoms with Crippen LogP contribution in [0, 0.1) is 0 Å². The fourth-order valence-electron chi connectivity index (χ4n) is 1.50. The lowest BCUT2D eigenvalue weighted by Gasteiger charge is -2.04. The molecule has 0 radical (unpaired) electrons. The SMILES string of the molecule is O=C(NCCO)c1ccnc(-c2ccccn2)c1. The van der Waals surface area contributed by atoms with Gasteiger partial charge < -0.3 is 10.4 Å². The lowest BCUT2D eigenvalue weighted by atomic mass is 10.1. The zero-order valence-corrected chi connectivity index (χ0v) is 9.71. The van der Waals surface area contributed by atoms with Crippen LogP contribution in [-0.4, -0.2) is 34.1 Å². The minimum absolute atomic E-state index is 0.0794. The van der Waals surface area contributed by atoms with Gasteiger partial charge in [-0.2, -0.15) is 0 Å². The minimum Gasteiger partial charge on any atom is -0.395 e. The molecule has 0 saturated heterocycles. The van der Waals surface area contributed by atoms with Crippen LogP contribution in [0.3, 0.4) is 0 Å². The van der Waals surface area contributed by atoms with Gasteiger partial charge >= 0.3 is 0 Å². The van der Waals surface area contributed by atoms with Crippen LogP contribution in [0.4, 0.5) is 0 Å². The predicted molar refractivity (Wildman–Crippen MR) is 66.9 cm³/mol. The van der Waals surface area contributed by atoms with Crippen molar-refractivity contribution < 1.29 is 9.90 Å². The summed E-state index contributed by atoms with van der Waals surface area (Å²) in [6, 6.07) is 8.82. The molecular formula is C13H13N3O2. The molecule has 0 saturated carbocycles. The second-order valence-electron chi connectivity index (χ2n) is 3.62. The molecule has 0 atom stereocenters. The van der Waals surface area contributed by atoms with Crippen molar-refractivity contribution in [1.82, 2.24) is 15.3 Å². The lowest BCUT2D eigenvalue weighted by Crippen LogP contribution is -2.26. The first-order valence-corrected chi connectivity index (χ1v) is 5.58. The van der Waals surface area contributed by atoms with E-state index < -0.39 is 0 Å².